The first-order valence-corrected chi connectivity index (χ1v) is 8.66. The van der Waals surface area contributed by atoms with Gasteiger partial charge in [-0.25, -0.2) is 9.98 Å². The van der Waals surface area contributed by atoms with Crippen molar-refractivity contribution in [1.29, 1.82) is 0 Å². The topological polar surface area (TPSA) is 86.0 Å². The molecule has 0 radical (unpaired) electrons. The van der Waals surface area contributed by atoms with E-state index >= 15 is 0 Å². The van der Waals surface area contributed by atoms with Crippen molar-refractivity contribution in [2.45, 2.75) is 12.7 Å². The van der Waals surface area contributed by atoms with E-state index in [1.54, 1.807) is 17.5 Å². The van der Waals surface area contributed by atoms with Crippen LogP contribution in [0.15, 0.2) is 45.3 Å². The number of alkyl halides is 2. The number of nitrogens with one attached hydrogen (secondary N) is 1. The van der Waals surface area contributed by atoms with Crippen LogP contribution in [0.4, 0.5) is 14.5 Å². The highest BCUT2D eigenvalue weighted by Gasteiger charge is 2.44. The van der Waals surface area contributed by atoms with E-state index in [0.717, 1.165) is 0 Å². The molecule has 0 bridgehead atoms. The molecule has 3 aromatic rings. The first kappa shape index (κ1) is 15.9. The number of thiazole rings is 1. The SMILES string of the molecule is O=C(NC1=Nc2cc3c(cc2C1)OC(F)(F)O3)c1csc(-c2ccco2)n1. The fourth-order valence-corrected chi connectivity index (χ4v) is 3.56. The zero-order valence-corrected chi connectivity index (χ0v) is 14.2. The largest absolute Gasteiger partial charge is 0.586 e. The zero-order chi connectivity index (χ0) is 18.6. The lowest BCUT2D eigenvalue weighted by Crippen LogP contribution is -2.30. The molecular weight excluding hydrogens is 380 g/mol. The summed E-state index contributed by atoms with van der Waals surface area (Å²) in [6.45, 7) is 0. The van der Waals surface area contributed by atoms with Crippen LogP contribution in [0.1, 0.15) is 16.1 Å². The van der Waals surface area contributed by atoms with Gasteiger partial charge in [0.2, 0.25) is 0 Å². The van der Waals surface area contributed by atoms with Gasteiger partial charge < -0.3 is 19.2 Å². The molecule has 0 unspecified atom stereocenters. The van der Waals surface area contributed by atoms with Gasteiger partial charge in [0.15, 0.2) is 22.3 Å². The molecular formula is C17H9F2N3O4S. The van der Waals surface area contributed by atoms with Crippen molar-refractivity contribution in [2.24, 2.45) is 4.99 Å². The van der Waals surface area contributed by atoms with Crippen molar-refractivity contribution in [1.82, 2.24) is 10.3 Å². The number of halogens is 2. The third kappa shape index (κ3) is 2.83. The molecule has 2 aromatic heterocycles. The highest BCUT2D eigenvalue weighted by molar-refractivity contribution is 7.13. The summed E-state index contributed by atoms with van der Waals surface area (Å²) < 4.78 is 40.3. The molecule has 10 heteroatoms. The quantitative estimate of drug-likeness (QED) is 0.722. The fraction of sp³-hybridized carbons (Fsp3) is 0.118. The van der Waals surface area contributed by atoms with Crippen LogP contribution < -0.4 is 14.8 Å². The summed E-state index contributed by atoms with van der Waals surface area (Å²) in [7, 11) is 0. The number of carbonyl (C=O) groups is 1. The monoisotopic (exact) mass is 389 g/mol. The number of carbonyl (C=O) groups excluding carboxylic acids is 1. The molecule has 0 saturated heterocycles. The van der Waals surface area contributed by atoms with Crippen molar-refractivity contribution in [2.75, 3.05) is 0 Å². The molecule has 0 fully saturated rings. The number of hydrogen-bond donors (Lipinski definition) is 1. The van der Waals surface area contributed by atoms with Gasteiger partial charge in [-0.15, -0.1) is 20.1 Å². The van der Waals surface area contributed by atoms with Crippen molar-refractivity contribution < 1.29 is 27.5 Å². The summed E-state index contributed by atoms with van der Waals surface area (Å²) in [5, 5.41) is 4.90. The number of amides is 1. The van der Waals surface area contributed by atoms with Crippen LogP contribution in [-0.4, -0.2) is 23.0 Å². The summed E-state index contributed by atoms with van der Waals surface area (Å²) in [5.74, 6) is 0.415. The van der Waals surface area contributed by atoms with Crippen molar-refractivity contribution in [3.05, 3.63) is 47.2 Å². The van der Waals surface area contributed by atoms with Gasteiger partial charge >= 0.3 is 6.29 Å². The molecule has 0 spiro atoms. The second-order valence-electron chi connectivity index (χ2n) is 5.80. The van der Waals surface area contributed by atoms with E-state index < -0.39 is 12.2 Å². The number of rotatable bonds is 2. The molecule has 1 N–H and O–H groups in total. The molecule has 0 aliphatic carbocycles. The molecule has 2 aliphatic heterocycles. The van der Waals surface area contributed by atoms with Gasteiger partial charge in [0.05, 0.1) is 12.0 Å². The first-order chi connectivity index (χ1) is 13.0. The molecule has 136 valence electrons. The van der Waals surface area contributed by atoms with E-state index in [-0.39, 0.29) is 23.6 Å². The van der Waals surface area contributed by atoms with Crippen LogP contribution >= 0.6 is 11.3 Å². The number of furan rings is 1. The number of amidine groups is 1. The second-order valence-corrected chi connectivity index (χ2v) is 6.66. The highest BCUT2D eigenvalue weighted by Crippen LogP contribution is 2.45. The maximum atomic E-state index is 13.1. The number of aliphatic imine (C=N–C) groups is 1. The molecule has 7 nitrogen and oxygen atoms in total. The number of hydrogen-bond acceptors (Lipinski definition) is 7. The summed E-state index contributed by atoms with van der Waals surface area (Å²) in [6, 6.07) is 6.29. The Morgan fingerprint density at radius 2 is 2.07 bits per heavy atom. The summed E-state index contributed by atoms with van der Waals surface area (Å²) >= 11 is 1.29. The number of nitrogens with zero attached hydrogens (tertiary/aromatic N) is 2. The molecule has 4 heterocycles. The number of aromatic nitrogens is 1. The standard InChI is InChI=1S/C17H9F2N3O4S/c18-17(19)25-12-4-8-5-14(20-9(8)6-13(12)26-17)22-15(23)10-7-27-16(21-10)11-2-1-3-24-11/h1-4,6-7H,5H2,(H,20,22,23). The van der Waals surface area contributed by atoms with E-state index in [1.165, 1.54) is 29.7 Å². The second kappa shape index (κ2) is 5.61. The minimum absolute atomic E-state index is 0.0517. The van der Waals surface area contributed by atoms with E-state index in [2.05, 4.69) is 24.8 Å². The van der Waals surface area contributed by atoms with Gasteiger partial charge in [-0.3, -0.25) is 4.79 Å². The Balaban J connectivity index is 1.32. The third-order valence-corrected chi connectivity index (χ3v) is 4.80. The molecule has 0 saturated carbocycles. The summed E-state index contributed by atoms with van der Waals surface area (Å²) in [6.07, 6.45) is -1.87. The molecule has 27 heavy (non-hydrogen) atoms. The normalized spacial score (nSPS) is 16.1. The van der Waals surface area contributed by atoms with Gasteiger partial charge in [-0.05, 0) is 23.8 Å². The Kier molecular flexibility index (Phi) is 3.31. The fourth-order valence-electron chi connectivity index (χ4n) is 2.80. The summed E-state index contributed by atoms with van der Waals surface area (Å²) in [4.78, 5) is 20.9. The highest BCUT2D eigenvalue weighted by atomic mass is 32.1. The van der Waals surface area contributed by atoms with Crippen LogP contribution in [0.2, 0.25) is 0 Å². The first-order valence-electron chi connectivity index (χ1n) is 7.78. The van der Waals surface area contributed by atoms with E-state index in [0.29, 0.717) is 27.9 Å². The van der Waals surface area contributed by atoms with E-state index in [9.17, 15) is 13.6 Å². The molecule has 5 rings (SSSR count). The number of ether oxygens (including phenoxy) is 2. The number of fused-ring (bicyclic) bond motifs is 2. The average molecular weight is 389 g/mol. The van der Waals surface area contributed by atoms with Crippen LogP contribution in [-0.2, 0) is 6.42 Å². The van der Waals surface area contributed by atoms with Crippen LogP contribution in [0.5, 0.6) is 11.5 Å². The third-order valence-electron chi connectivity index (χ3n) is 3.94. The maximum absolute atomic E-state index is 13.1. The zero-order valence-electron chi connectivity index (χ0n) is 13.4. The predicted molar refractivity (Wildman–Crippen MR) is 90.7 cm³/mol. The van der Waals surface area contributed by atoms with Crippen LogP contribution in [0.3, 0.4) is 0 Å². The molecule has 2 aliphatic rings. The van der Waals surface area contributed by atoms with Gasteiger partial charge in [0.25, 0.3) is 5.91 Å². The van der Waals surface area contributed by atoms with Crippen molar-refractivity contribution in [3.63, 3.8) is 0 Å². The predicted octanol–water partition coefficient (Wildman–Crippen LogP) is 3.74. The van der Waals surface area contributed by atoms with E-state index in [4.69, 9.17) is 4.42 Å². The Bertz CT molecular complexity index is 1090. The van der Waals surface area contributed by atoms with Gasteiger partial charge in [-0.2, -0.15) is 0 Å². The Hall–Kier alpha value is -3.27. The maximum Gasteiger partial charge on any atom is 0.586 e. The minimum atomic E-state index is -3.67. The molecule has 1 aromatic carbocycles. The smallest absolute Gasteiger partial charge is 0.462 e. The molecule has 1 amide bonds. The van der Waals surface area contributed by atoms with Crippen LogP contribution in [0.25, 0.3) is 10.8 Å². The molecule has 0 atom stereocenters. The Morgan fingerprint density at radius 3 is 2.85 bits per heavy atom. The Labute approximate surface area is 154 Å². The van der Waals surface area contributed by atoms with Gasteiger partial charge in [-0.1, -0.05) is 0 Å². The Morgan fingerprint density at radius 1 is 1.26 bits per heavy atom. The van der Waals surface area contributed by atoms with Crippen LogP contribution in [0, 0.1) is 0 Å². The summed E-state index contributed by atoms with van der Waals surface area (Å²) in [5.41, 5.74) is 1.33. The number of benzene rings is 1. The van der Waals surface area contributed by atoms with Crippen molar-refractivity contribution in [3.8, 4) is 22.3 Å². The lowest BCUT2D eigenvalue weighted by atomic mass is 10.1. The average Bonchev–Trinajstić information content (AvgIpc) is 3.36. The van der Waals surface area contributed by atoms with E-state index in [1.807, 2.05) is 0 Å². The van der Waals surface area contributed by atoms with Crippen molar-refractivity contribution >= 4 is 28.8 Å². The lowest BCUT2D eigenvalue weighted by molar-refractivity contribution is -0.286. The van der Waals surface area contributed by atoms with Gasteiger partial charge in [0.1, 0.15) is 11.5 Å². The minimum Gasteiger partial charge on any atom is -0.462 e. The lowest BCUT2D eigenvalue weighted by Gasteiger charge is -2.04. The van der Waals surface area contributed by atoms with Gasteiger partial charge in [0, 0.05) is 17.9 Å².